The smallest absolute Gasteiger partial charge is 0.407 e. The molecule has 0 saturated carbocycles. The molecule has 0 aliphatic carbocycles. The Morgan fingerprint density at radius 1 is 1.16 bits per heavy atom. The first-order valence-electron chi connectivity index (χ1n) is 13.1. The number of fused-ring (bicyclic) bond motifs is 2. The molecule has 1 amide bonds. The van der Waals surface area contributed by atoms with Crippen LogP contribution in [-0.2, 0) is 14.2 Å². The van der Waals surface area contributed by atoms with Crippen molar-refractivity contribution in [2.24, 2.45) is 11.8 Å². The lowest BCUT2D eigenvalue weighted by Gasteiger charge is -2.23. The monoisotopic (exact) mass is 526 g/mol. The van der Waals surface area contributed by atoms with E-state index in [1.54, 1.807) is 18.2 Å². The molecule has 2 aliphatic heterocycles. The summed E-state index contributed by atoms with van der Waals surface area (Å²) < 4.78 is 24.3. The summed E-state index contributed by atoms with van der Waals surface area (Å²) in [5.74, 6) is 0.721. The molecule has 5 rings (SSSR count). The van der Waals surface area contributed by atoms with Crippen LogP contribution in [-0.4, -0.2) is 55.6 Å². The van der Waals surface area contributed by atoms with Crippen molar-refractivity contribution in [3.8, 4) is 0 Å². The second kappa shape index (κ2) is 13.9. The number of alkyl carbamates (subject to hydrolysis) is 1. The van der Waals surface area contributed by atoms with Crippen LogP contribution in [0.1, 0.15) is 32.3 Å². The molecule has 2 aromatic carbocycles. The second-order valence-electron chi connectivity index (χ2n) is 9.90. The number of carbonyl (C=O) groups excluding carboxylic acids is 1. The molecular formula is C29H38N2O5S. The summed E-state index contributed by atoms with van der Waals surface area (Å²) in [4.78, 5) is 13.3. The SMILES string of the molecule is CC(C)CN(CCCNC(=O)OC1COC2OCCC12)Sc1ccc2occc2c1.Cc1ccccc1. The van der Waals surface area contributed by atoms with Gasteiger partial charge in [-0.1, -0.05) is 49.7 Å². The number of benzene rings is 2. The van der Waals surface area contributed by atoms with E-state index in [4.69, 9.17) is 18.6 Å². The zero-order chi connectivity index (χ0) is 26.0. The number of nitrogens with zero attached hydrogens (tertiary/aromatic N) is 1. The molecular weight excluding hydrogens is 488 g/mol. The summed E-state index contributed by atoms with van der Waals surface area (Å²) in [5, 5.41) is 3.99. The number of ether oxygens (including phenoxy) is 3. The van der Waals surface area contributed by atoms with E-state index in [1.807, 2.05) is 30.3 Å². The summed E-state index contributed by atoms with van der Waals surface area (Å²) in [6, 6.07) is 18.5. The number of nitrogens with one attached hydrogen (secondary N) is 1. The van der Waals surface area contributed by atoms with Crippen molar-refractivity contribution in [2.45, 2.75) is 50.9 Å². The molecule has 2 fully saturated rings. The van der Waals surface area contributed by atoms with Gasteiger partial charge in [0.1, 0.15) is 11.7 Å². The van der Waals surface area contributed by atoms with Crippen molar-refractivity contribution >= 4 is 29.0 Å². The van der Waals surface area contributed by atoms with Crippen molar-refractivity contribution in [3.63, 3.8) is 0 Å². The summed E-state index contributed by atoms with van der Waals surface area (Å²) in [5.41, 5.74) is 2.23. The predicted molar refractivity (Wildman–Crippen MR) is 146 cm³/mol. The fourth-order valence-electron chi connectivity index (χ4n) is 4.44. The van der Waals surface area contributed by atoms with Gasteiger partial charge in [0, 0.05) is 29.9 Å². The third-order valence-electron chi connectivity index (χ3n) is 6.26. The summed E-state index contributed by atoms with van der Waals surface area (Å²) >= 11 is 1.75. The van der Waals surface area contributed by atoms with Crippen LogP contribution in [0.5, 0.6) is 0 Å². The zero-order valence-electron chi connectivity index (χ0n) is 21.9. The van der Waals surface area contributed by atoms with Gasteiger partial charge >= 0.3 is 6.09 Å². The summed E-state index contributed by atoms with van der Waals surface area (Å²) in [7, 11) is 0. The van der Waals surface area contributed by atoms with Gasteiger partial charge in [-0.2, -0.15) is 0 Å². The molecule has 1 N–H and O–H groups in total. The largest absolute Gasteiger partial charge is 0.464 e. The van der Waals surface area contributed by atoms with Gasteiger partial charge in [0.15, 0.2) is 6.29 Å². The number of amides is 1. The van der Waals surface area contributed by atoms with E-state index in [2.05, 4.69) is 54.7 Å². The molecule has 2 aliphatic rings. The fourth-order valence-corrected chi connectivity index (χ4v) is 5.64. The lowest BCUT2D eigenvalue weighted by atomic mass is 10.0. The summed E-state index contributed by atoms with van der Waals surface area (Å²) in [6.45, 7) is 10.0. The van der Waals surface area contributed by atoms with Gasteiger partial charge in [-0.3, -0.25) is 0 Å². The van der Waals surface area contributed by atoms with Crippen LogP contribution >= 0.6 is 11.9 Å². The van der Waals surface area contributed by atoms with E-state index in [0.717, 1.165) is 36.9 Å². The fraction of sp³-hybridized carbons (Fsp3) is 0.483. The summed E-state index contributed by atoms with van der Waals surface area (Å²) in [6.07, 6.45) is 2.67. The molecule has 0 spiro atoms. The van der Waals surface area contributed by atoms with Crippen molar-refractivity contribution in [2.75, 3.05) is 32.8 Å². The van der Waals surface area contributed by atoms with Crippen molar-refractivity contribution in [1.82, 2.24) is 9.62 Å². The standard InChI is InChI=1S/C22H30N2O5S.C7H8/c1-15(2)13-24(30-17-4-5-19-16(12-17)6-10-26-19)9-3-8-23-22(25)29-20-14-28-21-18(20)7-11-27-21;1-7-5-3-2-4-6-7/h4-6,10,12,15,18,20-21H,3,7-9,11,13-14H2,1-2H3,(H,23,25);2-6H,1H3. The minimum absolute atomic E-state index is 0.168. The predicted octanol–water partition coefficient (Wildman–Crippen LogP) is 6.27. The molecule has 0 bridgehead atoms. The Kier molecular flexibility index (Phi) is 10.3. The van der Waals surface area contributed by atoms with Crippen molar-refractivity contribution < 1.29 is 23.4 Å². The van der Waals surface area contributed by atoms with Crippen LogP contribution in [0.15, 0.2) is 70.2 Å². The molecule has 37 heavy (non-hydrogen) atoms. The van der Waals surface area contributed by atoms with Gasteiger partial charge in [-0.05, 0) is 61.9 Å². The molecule has 3 unspecified atom stereocenters. The van der Waals surface area contributed by atoms with Crippen LogP contribution in [0.25, 0.3) is 11.0 Å². The van der Waals surface area contributed by atoms with Crippen LogP contribution in [0.3, 0.4) is 0 Å². The molecule has 8 heteroatoms. The Bertz CT molecular complexity index is 1110. The first kappa shape index (κ1) is 27.5. The zero-order valence-corrected chi connectivity index (χ0v) is 22.7. The first-order valence-corrected chi connectivity index (χ1v) is 13.8. The van der Waals surface area contributed by atoms with Gasteiger partial charge in [0.25, 0.3) is 0 Å². The molecule has 3 atom stereocenters. The maximum absolute atomic E-state index is 12.1. The van der Waals surface area contributed by atoms with Crippen LogP contribution in [0, 0.1) is 18.8 Å². The Balaban J connectivity index is 0.000000396. The van der Waals surface area contributed by atoms with Crippen molar-refractivity contribution in [3.05, 3.63) is 66.4 Å². The third kappa shape index (κ3) is 8.50. The van der Waals surface area contributed by atoms with Gasteiger partial charge in [-0.15, -0.1) is 0 Å². The Hall–Kier alpha value is -2.52. The van der Waals surface area contributed by atoms with Crippen LogP contribution in [0.4, 0.5) is 4.79 Å². The molecule has 7 nitrogen and oxygen atoms in total. The average molecular weight is 527 g/mol. The van der Waals surface area contributed by atoms with Gasteiger partial charge < -0.3 is 23.9 Å². The highest BCUT2D eigenvalue weighted by Crippen LogP contribution is 2.33. The number of hydrogen-bond acceptors (Lipinski definition) is 7. The third-order valence-corrected chi connectivity index (χ3v) is 7.32. The Morgan fingerprint density at radius 3 is 2.76 bits per heavy atom. The van der Waals surface area contributed by atoms with E-state index in [9.17, 15) is 4.79 Å². The molecule has 3 aromatic rings. The Labute approximate surface area is 224 Å². The van der Waals surface area contributed by atoms with Crippen LogP contribution in [0.2, 0.25) is 0 Å². The maximum atomic E-state index is 12.1. The van der Waals surface area contributed by atoms with E-state index in [0.29, 0.717) is 25.7 Å². The molecule has 3 heterocycles. The lowest BCUT2D eigenvalue weighted by Crippen LogP contribution is -2.34. The molecule has 200 valence electrons. The lowest BCUT2D eigenvalue weighted by molar-refractivity contribution is -0.0907. The number of rotatable bonds is 9. The minimum Gasteiger partial charge on any atom is -0.464 e. The Morgan fingerprint density at radius 2 is 2.00 bits per heavy atom. The normalized spacial score (nSPS) is 20.6. The number of hydrogen-bond donors (Lipinski definition) is 1. The highest BCUT2D eigenvalue weighted by molar-refractivity contribution is 7.97. The first-order chi connectivity index (χ1) is 18.0. The van der Waals surface area contributed by atoms with E-state index >= 15 is 0 Å². The average Bonchev–Trinajstić information content (AvgIpc) is 3.61. The van der Waals surface area contributed by atoms with E-state index in [-0.39, 0.29) is 24.4 Å². The highest BCUT2D eigenvalue weighted by Gasteiger charge is 2.43. The molecule has 2 saturated heterocycles. The van der Waals surface area contributed by atoms with Crippen LogP contribution < -0.4 is 5.32 Å². The molecule has 0 radical (unpaired) electrons. The molecule has 1 aromatic heterocycles. The topological polar surface area (TPSA) is 73.2 Å². The van der Waals surface area contributed by atoms with E-state index in [1.165, 1.54) is 10.5 Å². The highest BCUT2D eigenvalue weighted by atomic mass is 32.2. The minimum atomic E-state index is -0.371. The maximum Gasteiger partial charge on any atom is 0.407 e. The number of aryl methyl sites for hydroxylation is 1. The van der Waals surface area contributed by atoms with Gasteiger partial charge in [0.2, 0.25) is 0 Å². The van der Waals surface area contributed by atoms with Gasteiger partial charge in [0.05, 0.1) is 25.4 Å². The number of carbonyl (C=O) groups is 1. The second-order valence-corrected chi connectivity index (χ2v) is 11.1. The van der Waals surface area contributed by atoms with E-state index < -0.39 is 0 Å². The van der Waals surface area contributed by atoms with Crippen molar-refractivity contribution in [1.29, 1.82) is 0 Å². The number of furan rings is 1. The van der Waals surface area contributed by atoms with Gasteiger partial charge in [-0.25, -0.2) is 9.10 Å². The quantitative estimate of drug-likeness (QED) is 0.260.